The van der Waals surface area contributed by atoms with E-state index >= 15 is 0 Å². The first kappa shape index (κ1) is 13.0. The molecule has 23 heavy (non-hydrogen) atoms. The molecular weight excluding hydrogens is 310 g/mol. The van der Waals surface area contributed by atoms with Crippen molar-refractivity contribution in [2.45, 2.75) is 18.5 Å². The normalized spacial score (nSPS) is 22.8. The highest BCUT2D eigenvalue weighted by Crippen LogP contribution is 2.37. The molecule has 3 aliphatic rings. The lowest BCUT2D eigenvalue weighted by Gasteiger charge is -2.47. The first-order valence-electron chi connectivity index (χ1n) is 7.53. The van der Waals surface area contributed by atoms with E-state index in [4.69, 9.17) is 11.0 Å². The number of fused-ring (bicyclic) bond motifs is 3. The second kappa shape index (κ2) is 4.78. The summed E-state index contributed by atoms with van der Waals surface area (Å²) in [6, 6.07) is 5.35. The molecule has 2 atom stereocenters. The molecule has 0 radical (unpaired) electrons. The third-order valence-corrected chi connectivity index (χ3v) is 5.25. The first-order chi connectivity index (χ1) is 11.3. The minimum absolute atomic E-state index is 0.543. The molecule has 3 saturated heterocycles. The van der Waals surface area contributed by atoms with Gasteiger partial charge in [-0.3, -0.25) is 0 Å². The van der Waals surface area contributed by atoms with E-state index in [1.54, 1.807) is 12.3 Å². The summed E-state index contributed by atoms with van der Waals surface area (Å²) < 4.78 is 6.08. The van der Waals surface area contributed by atoms with Crippen LogP contribution in [0.3, 0.4) is 0 Å². The van der Waals surface area contributed by atoms with Crippen molar-refractivity contribution in [3.8, 4) is 10.6 Å². The third kappa shape index (κ3) is 2.03. The topological polar surface area (TPSA) is 58.6 Å². The Morgan fingerprint density at radius 3 is 2.87 bits per heavy atom. The van der Waals surface area contributed by atoms with Gasteiger partial charge in [-0.1, -0.05) is 0 Å². The van der Waals surface area contributed by atoms with Gasteiger partial charge >= 0.3 is 0 Å². The van der Waals surface area contributed by atoms with Crippen LogP contribution in [-0.2, 0) is 0 Å². The van der Waals surface area contributed by atoms with E-state index in [-0.39, 0.29) is 0 Å². The molecule has 0 spiro atoms. The second-order valence-corrected chi connectivity index (χ2v) is 6.88. The lowest BCUT2D eigenvalue weighted by molar-refractivity contribution is 0.220. The van der Waals surface area contributed by atoms with Crippen LogP contribution in [0.15, 0.2) is 28.1 Å². The number of hydrogen-bond donors (Lipinski definition) is 1. The molecule has 3 aliphatic heterocycles. The van der Waals surface area contributed by atoms with Crippen LogP contribution in [0, 0.1) is 6.57 Å². The number of benzene rings is 1. The molecule has 1 aromatic carbocycles. The number of piperidine rings is 1. The Morgan fingerprint density at radius 2 is 2.17 bits per heavy atom. The molecule has 6 rings (SSSR count). The number of piperazine rings is 1. The summed E-state index contributed by atoms with van der Waals surface area (Å²) in [5, 5.41) is 6.28. The zero-order valence-corrected chi connectivity index (χ0v) is 13.0. The fourth-order valence-corrected chi connectivity index (χ4v) is 4.04. The van der Waals surface area contributed by atoms with E-state index in [9.17, 15) is 0 Å². The zero-order valence-electron chi connectivity index (χ0n) is 12.2. The number of nitrogens with zero attached hydrogens (tertiary/aromatic N) is 4. The molecule has 3 aromatic rings. The smallest absolute Gasteiger partial charge is 0.298 e. The Balaban J connectivity index is 1.64. The van der Waals surface area contributed by atoms with Crippen molar-refractivity contribution >= 4 is 34.1 Å². The summed E-state index contributed by atoms with van der Waals surface area (Å²) in [6.45, 7) is 9.15. The lowest BCUT2D eigenvalue weighted by atomic mass is 9.92. The minimum Gasteiger partial charge on any atom is -0.423 e. The fraction of sp³-hybridized carbons (Fsp3) is 0.312. The van der Waals surface area contributed by atoms with Crippen LogP contribution in [0.1, 0.15) is 6.42 Å². The second-order valence-electron chi connectivity index (χ2n) is 5.99. The van der Waals surface area contributed by atoms with Gasteiger partial charge in [0.15, 0.2) is 11.3 Å². The average molecular weight is 323 g/mol. The van der Waals surface area contributed by atoms with E-state index in [1.807, 2.05) is 11.4 Å². The Labute approximate surface area is 136 Å². The molecule has 1 N–H and O–H groups in total. The van der Waals surface area contributed by atoms with E-state index < -0.39 is 0 Å². The molecule has 3 fully saturated rings. The molecule has 0 saturated carbocycles. The van der Waals surface area contributed by atoms with E-state index in [0.29, 0.717) is 23.8 Å². The monoisotopic (exact) mass is 323 g/mol. The summed E-state index contributed by atoms with van der Waals surface area (Å²) >= 11 is 1.54. The Bertz CT molecular complexity index is 910. The van der Waals surface area contributed by atoms with Gasteiger partial charge in [0.1, 0.15) is 10.5 Å². The summed E-state index contributed by atoms with van der Waals surface area (Å²) in [7, 11) is 0. The lowest BCUT2D eigenvalue weighted by Crippen LogP contribution is -2.67. The van der Waals surface area contributed by atoms with E-state index in [1.165, 1.54) is 17.8 Å². The maximum Gasteiger partial charge on any atom is 0.298 e. The zero-order chi connectivity index (χ0) is 15.4. The number of oxazole rings is 1. The van der Waals surface area contributed by atoms with Gasteiger partial charge in [-0.2, -0.15) is 4.98 Å². The van der Waals surface area contributed by atoms with Crippen molar-refractivity contribution in [1.82, 2.24) is 15.3 Å². The van der Waals surface area contributed by atoms with Crippen molar-refractivity contribution in [2.24, 2.45) is 0 Å². The van der Waals surface area contributed by atoms with Crippen molar-refractivity contribution in [2.75, 3.05) is 18.0 Å². The number of rotatable bonds is 2. The quantitative estimate of drug-likeness (QED) is 0.735. The molecule has 114 valence electrons. The summed E-state index contributed by atoms with van der Waals surface area (Å²) in [5.74, 6) is 0. The summed E-state index contributed by atoms with van der Waals surface area (Å²) in [5.41, 5.74) is 2.86. The largest absolute Gasteiger partial charge is 0.423 e. The van der Waals surface area contributed by atoms with Crippen molar-refractivity contribution in [1.29, 1.82) is 0 Å². The standard InChI is InChI=1S/C16H13N5OS/c1-17-9-5-12(15-18-2-3-23-15)14-13(6-9)20-16(22-14)21-7-10-4-11(8-21)19-10/h2-3,5-6,10-11,19H,4,7-8H2. The molecule has 0 amide bonds. The predicted octanol–water partition coefficient (Wildman–Crippen LogP) is 3.05. The van der Waals surface area contributed by atoms with Gasteiger partial charge in [0.05, 0.1) is 6.57 Å². The highest BCUT2D eigenvalue weighted by molar-refractivity contribution is 7.13. The van der Waals surface area contributed by atoms with E-state index in [2.05, 4.69) is 25.0 Å². The van der Waals surface area contributed by atoms with Gasteiger partial charge in [-0.15, -0.1) is 11.3 Å². The number of aromatic nitrogens is 2. The molecule has 2 unspecified atom stereocenters. The van der Waals surface area contributed by atoms with Gasteiger partial charge in [0.2, 0.25) is 0 Å². The van der Waals surface area contributed by atoms with E-state index in [0.717, 1.165) is 34.8 Å². The predicted molar refractivity (Wildman–Crippen MR) is 88.9 cm³/mol. The number of nitrogens with one attached hydrogen (secondary N) is 1. The van der Waals surface area contributed by atoms with Crippen LogP contribution >= 0.6 is 11.3 Å². The molecule has 2 bridgehead atoms. The molecular formula is C16H13N5OS. The maximum absolute atomic E-state index is 7.31. The SMILES string of the molecule is [C-]#[N+]c1cc(-c2nccs2)c2oc(N3CC4CC(C3)N4)nc2c1. The first-order valence-corrected chi connectivity index (χ1v) is 8.41. The Morgan fingerprint density at radius 1 is 1.35 bits per heavy atom. The van der Waals surface area contributed by atoms with Gasteiger partial charge < -0.3 is 14.6 Å². The molecule has 6 nitrogen and oxygen atoms in total. The summed E-state index contributed by atoms with van der Waals surface area (Å²) in [6.07, 6.45) is 3.00. The molecule has 7 heteroatoms. The van der Waals surface area contributed by atoms with Gasteiger partial charge in [0, 0.05) is 42.3 Å². The number of thiazole rings is 1. The highest BCUT2D eigenvalue weighted by atomic mass is 32.1. The maximum atomic E-state index is 7.31. The van der Waals surface area contributed by atoms with Crippen LogP contribution < -0.4 is 10.2 Å². The summed E-state index contributed by atoms with van der Waals surface area (Å²) in [4.78, 5) is 14.7. The Hall–Kier alpha value is -2.43. The number of hydrogen-bond acceptors (Lipinski definition) is 6. The fourth-order valence-electron chi connectivity index (χ4n) is 3.39. The molecule has 5 heterocycles. The number of anilines is 1. The van der Waals surface area contributed by atoms with Gasteiger partial charge in [-0.05, 0) is 18.6 Å². The molecule has 2 aromatic heterocycles. The van der Waals surface area contributed by atoms with Gasteiger partial charge in [-0.25, -0.2) is 9.83 Å². The van der Waals surface area contributed by atoms with Crippen LogP contribution in [0.4, 0.5) is 11.7 Å². The highest BCUT2D eigenvalue weighted by Gasteiger charge is 2.38. The Kier molecular flexibility index (Phi) is 2.71. The average Bonchev–Trinajstić information content (AvgIpc) is 3.22. The van der Waals surface area contributed by atoms with Crippen LogP contribution in [0.5, 0.6) is 0 Å². The van der Waals surface area contributed by atoms with Crippen molar-refractivity contribution in [3.05, 3.63) is 35.1 Å². The molecule has 0 aliphatic carbocycles. The van der Waals surface area contributed by atoms with Crippen LogP contribution in [0.25, 0.3) is 26.5 Å². The van der Waals surface area contributed by atoms with Crippen LogP contribution in [-0.4, -0.2) is 35.1 Å². The third-order valence-electron chi connectivity index (χ3n) is 4.45. The van der Waals surface area contributed by atoms with Crippen molar-refractivity contribution < 1.29 is 4.42 Å². The van der Waals surface area contributed by atoms with Gasteiger partial charge in [0.25, 0.3) is 6.01 Å². The van der Waals surface area contributed by atoms with Crippen LogP contribution in [0.2, 0.25) is 0 Å². The minimum atomic E-state index is 0.543. The van der Waals surface area contributed by atoms with Crippen molar-refractivity contribution in [3.63, 3.8) is 0 Å².